The van der Waals surface area contributed by atoms with Gasteiger partial charge in [0.25, 0.3) is 12.9 Å². The number of aromatic nitrogens is 6. The highest BCUT2D eigenvalue weighted by Gasteiger charge is 2.39. The SMILES string of the molecule is Cc1nc(NC(C)c2cccc(C(F)F)c2F)c2cc(N3CC4CCOC4C3)ncc2n1.Cc1nc(NC(C)c2cccc(C(F)F)c2F)c2cc(N3C[C@H]4COC[C@H]4C3)ncc2n1. The molecule has 12 nitrogen and oxygen atoms in total. The number of benzene rings is 2. The van der Waals surface area contributed by atoms with Gasteiger partial charge in [-0.3, -0.25) is 0 Å². The van der Waals surface area contributed by atoms with Crippen LogP contribution in [0.4, 0.5) is 49.6 Å². The Morgan fingerprint density at radius 1 is 0.625 bits per heavy atom. The number of pyridine rings is 2. The molecule has 4 saturated heterocycles. The van der Waals surface area contributed by atoms with Crippen LogP contribution < -0.4 is 20.4 Å². The number of hydrogen-bond acceptors (Lipinski definition) is 12. The van der Waals surface area contributed by atoms with Gasteiger partial charge in [-0.1, -0.05) is 36.4 Å². The van der Waals surface area contributed by atoms with E-state index in [1.807, 2.05) is 12.1 Å². The van der Waals surface area contributed by atoms with Crippen molar-refractivity contribution in [2.24, 2.45) is 17.8 Å². The van der Waals surface area contributed by atoms with E-state index in [1.165, 1.54) is 24.3 Å². The van der Waals surface area contributed by atoms with Crippen molar-refractivity contribution in [3.63, 3.8) is 0 Å². The minimum atomic E-state index is -2.87. The molecule has 4 aromatic heterocycles. The van der Waals surface area contributed by atoms with Crippen LogP contribution in [-0.2, 0) is 9.47 Å². The number of fused-ring (bicyclic) bond motifs is 4. The minimum absolute atomic E-state index is 0.158. The highest BCUT2D eigenvalue weighted by molar-refractivity contribution is 5.91. The quantitative estimate of drug-likeness (QED) is 0.127. The van der Waals surface area contributed by atoms with Gasteiger partial charge in [-0.25, -0.2) is 56.2 Å². The fraction of sp³-hybridized carbons (Fsp3) is 0.435. The molecule has 0 aliphatic carbocycles. The molecule has 4 aliphatic rings. The molecule has 4 fully saturated rings. The van der Waals surface area contributed by atoms with Gasteiger partial charge in [0.15, 0.2) is 0 Å². The van der Waals surface area contributed by atoms with E-state index in [0.29, 0.717) is 52.1 Å². The lowest BCUT2D eigenvalue weighted by atomic mass is 10.0. The summed E-state index contributed by atoms with van der Waals surface area (Å²) >= 11 is 0. The first-order valence-electron chi connectivity index (χ1n) is 21.4. The van der Waals surface area contributed by atoms with Crippen LogP contribution in [0.1, 0.15) is 79.1 Å². The first-order chi connectivity index (χ1) is 30.8. The van der Waals surface area contributed by atoms with Gasteiger partial charge < -0.3 is 29.9 Å². The number of anilines is 4. The van der Waals surface area contributed by atoms with Gasteiger partial charge in [-0.2, -0.15) is 0 Å². The number of nitrogens with one attached hydrogen (secondary N) is 2. The maximum Gasteiger partial charge on any atom is 0.266 e. The molecule has 2 aromatic carbocycles. The number of nitrogens with zero attached hydrogens (tertiary/aromatic N) is 8. The molecular weight excluding hydrogens is 839 g/mol. The van der Waals surface area contributed by atoms with E-state index < -0.39 is 47.7 Å². The standard InChI is InChI=1S/2C23H24F3N5O/c1-12(16-4-3-5-17(21(16)24)22(25)26)28-23-18-6-20(27-7-19(18)29-13(2)30-23)31-8-14-10-32-11-15(14)9-31;1-12(15-4-3-5-16(21(15)24)22(25)26)28-23-17-8-20(27-9-18(17)29-13(2)30-23)31-10-14-6-7-32-19(14)11-31/h3-7,12,14-15,22H,8-11H2,1-2H3,(H,28,29,30);3-5,8-9,12,14,19,22H,6-7,10-11H2,1-2H3,(H,28,29,30)/t12?,14-,15+;. The van der Waals surface area contributed by atoms with E-state index in [9.17, 15) is 26.3 Å². The highest BCUT2D eigenvalue weighted by atomic mass is 19.3. The van der Waals surface area contributed by atoms with E-state index in [1.54, 1.807) is 40.1 Å². The van der Waals surface area contributed by atoms with Gasteiger partial charge in [0.2, 0.25) is 0 Å². The first-order valence-corrected chi connectivity index (χ1v) is 21.4. The largest absolute Gasteiger partial charge is 0.381 e. The van der Waals surface area contributed by atoms with Crippen molar-refractivity contribution in [3.8, 4) is 0 Å². The number of ether oxygens (including phenoxy) is 2. The van der Waals surface area contributed by atoms with Gasteiger partial charge in [-0.05, 0) is 46.2 Å². The molecule has 18 heteroatoms. The zero-order valence-corrected chi connectivity index (χ0v) is 35.7. The maximum atomic E-state index is 14.7. The fourth-order valence-electron chi connectivity index (χ4n) is 9.29. The Labute approximate surface area is 365 Å². The lowest BCUT2D eigenvalue weighted by Gasteiger charge is -2.21. The molecule has 4 unspecified atom stereocenters. The van der Waals surface area contributed by atoms with Crippen LogP contribution in [0, 0.1) is 43.2 Å². The summed E-state index contributed by atoms with van der Waals surface area (Å²) in [6.07, 6.45) is -1.01. The number of alkyl halides is 4. The molecular formula is C46H48F6N10O2. The van der Waals surface area contributed by atoms with Crippen molar-refractivity contribution in [1.29, 1.82) is 0 Å². The lowest BCUT2D eigenvalue weighted by Crippen LogP contribution is -2.23. The lowest BCUT2D eigenvalue weighted by molar-refractivity contribution is 0.114. The van der Waals surface area contributed by atoms with Gasteiger partial charge in [0.05, 0.1) is 66.0 Å². The van der Waals surface area contributed by atoms with E-state index >= 15 is 0 Å². The van der Waals surface area contributed by atoms with Gasteiger partial charge in [0.1, 0.15) is 46.6 Å². The molecule has 8 heterocycles. The molecule has 0 saturated carbocycles. The van der Waals surface area contributed by atoms with Crippen LogP contribution in [0.25, 0.3) is 21.8 Å². The minimum Gasteiger partial charge on any atom is -0.381 e. The second kappa shape index (κ2) is 17.9. The summed E-state index contributed by atoms with van der Waals surface area (Å²) in [5.74, 6) is 3.51. The van der Waals surface area contributed by atoms with E-state index in [2.05, 4.69) is 50.3 Å². The number of hydrogen-bond donors (Lipinski definition) is 2. The molecule has 10 rings (SSSR count). The number of halogens is 6. The van der Waals surface area contributed by atoms with Crippen molar-refractivity contribution >= 4 is 45.1 Å². The van der Waals surface area contributed by atoms with E-state index in [4.69, 9.17) is 9.47 Å². The first kappa shape index (κ1) is 43.4. The maximum absolute atomic E-state index is 14.7. The third-order valence-corrected chi connectivity index (χ3v) is 12.7. The van der Waals surface area contributed by atoms with Crippen LogP contribution in [0.3, 0.4) is 0 Å². The Morgan fingerprint density at radius 2 is 1.08 bits per heavy atom. The third kappa shape index (κ3) is 8.68. The van der Waals surface area contributed by atoms with Crippen molar-refractivity contribution in [1.82, 2.24) is 29.9 Å². The Hall–Kier alpha value is -5.88. The average Bonchev–Trinajstić information content (AvgIpc) is 4.07. The van der Waals surface area contributed by atoms with E-state index in [0.717, 1.165) is 87.0 Å². The van der Waals surface area contributed by atoms with Crippen molar-refractivity contribution < 1.29 is 35.8 Å². The smallest absolute Gasteiger partial charge is 0.266 e. The molecule has 336 valence electrons. The molecule has 0 spiro atoms. The predicted octanol–water partition coefficient (Wildman–Crippen LogP) is 9.47. The normalized spacial score (nSPS) is 21.4. The van der Waals surface area contributed by atoms with Gasteiger partial charge in [0, 0.05) is 72.4 Å². The zero-order valence-electron chi connectivity index (χ0n) is 35.7. The average molecular weight is 887 g/mol. The molecule has 0 amide bonds. The fourth-order valence-corrected chi connectivity index (χ4v) is 9.29. The van der Waals surface area contributed by atoms with Crippen LogP contribution in [-0.4, -0.2) is 82.0 Å². The Bertz CT molecular complexity index is 2470. The summed E-state index contributed by atoms with van der Waals surface area (Å²) < 4.78 is 93.2. The second-order valence-electron chi connectivity index (χ2n) is 17.0. The Kier molecular flexibility index (Phi) is 12.2. The second-order valence-corrected chi connectivity index (χ2v) is 17.0. The molecule has 4 aliphatic heterocycles. The predicted molar refractivity (Wildman–Crippen MR) is 231 cm³/mol. The summed E-state index contributed by atoms with van der Waals surface area (Å²) in [5, 5.41) is 7.91. The summed E-state index contributed by atoms with van der Waals surface area (Å²) in [6.45, 7) is 12.8. The molecule has 6 aromatic rings. The van der Waals surface area contributed by atoms with Crippen molar-refractivity contribution in [2.75, 3.05) is 66.4 Å². The molecule has 6 atom stereocenters. The summed E-state index contributed by atoms with van der Waals surface area (Å²) in [4.78, 5) is 31.6. The van der Waals surface area contributed by atoms with Crippen molar-refractivity contribution in [3.05, 3.63) is 106 Å². The Balaban J connectivity index is 0.000000162. The number of rotatable bonds is 10. The van der Waals surface area contributed by atoms with Crippen molar-refractivity contribution in [2.45, 2.75) is 65.2 Å². The highest BCUT2D eigenvalue weighted by Crippen LogP contribution is 2.37. The summed E-state index contributed by atoms with van der Waals surface area (Å²) in [6, 6.07) is 10.8. The van der Waals surface area contributed by atoms with E-state index in [-0.39, 0.29) is 17.2 Å². The summed E-state index contributed by atoms with van der Waals surface area (Å²) in [5.41, 5.74) is 0.442. The monoisotopic (exact) mass is 886 g/mol. The molecule has 0 bridgehead atoms. The van der Waals surface area contributed by atoms with Gasteiger partial charge >= 0.3 is 0 Å². The zero-order chi connectivity index (χ0) is 44.8. The van der Waals surface area contributed by atoms with Crippen LogP contribution in [0.2, 0.25) is 0 Å². The van der Waals surface area contributed by atoms with Gasteiger partial charge in [-0.15, -0.1) is 0 Å². The van der Waals surface area contributed by atoms with Crippen LogP contribution in [0.15, 0.2) is 60.9 Å². The topological polar surface area (TPSA) is 126 Å². The molecule has 64 heavy (non-hydrogen) atoms. The third-order valence-electron chi connectivity index (χ3n) is 12.7. The molecule has 0 radical (unpaired) electrons. The van der Waals surface area contributed by atoms with Crippen LogP contribution >= 0.6 is 0 Å². The number of aryl methyl sites for hydroxylation is 2. The molecule has 2 N–H and O–H groups in total. The Morgan fingerprint density at radius 3 is 1.55 bits per heavy atom. The summed E-state index contributed by atoms with van der Waals surface area (Å²) in [7, 11) is 0. The van der Waals surface area contributed by atoms with Crippen LogP contribution in [0.5, 0.6) is 0 Å².